The van der Waals surface area contributed by atoms with Gasteiger partial charge in [0.15, 0.2) is 0 Å². The summed E-state index contributed by atoms with van der Waals surface area (Å²) in [5.41, 5.74) is 0. The summed E-state index contributed by atoms with van der Waals surface area (Å²) in [5.74, 6) is -47.1. The largest absolute Gasteiger partial charge is 0.726 e. The molecule has 1 N–H and O–H groups in total. The zero-order valence-electron chi connectivity index (χ0n) is 23.8. The van der Waals surface area contributed by atoms with E-state index in [-0.39, 0.29) is 11.0 Å². The highest BCUT2D eigenvalue weighted by Crippen LogP contribution is 2.63. The van der Waals surface area contributed by atoms with Crippen LogP contribution in [0.2, 0.25) is 0 Å². The van der Waals surface area contributed by atoms with Crippen molar-refractivity contribution in [3.05, 3.63) is 0 Å². The molecule has 8 nitrogen and oxygen atoms in total. The van der Waals surface area contributed by atoms with Crippen LogP contribution in [0.4, 0.5) is 96.6 Å². The average Bonchev–Trinajstić information content (AvgIpc) is 2.83. The Hall–Kier alpha value is -2.28. The van der Waals surface area contributed by atoms with E-state index in [4.69, 9.17) is 0 Å². The van der Waals surface area contributed by atoms with Crippen molar-refractivity contribution < 1.29 is 123 Å². The van der Waals surface area contributed by atoms with Crippen LogP contribution in [0.3, 0.4) is 0 Å². The van der Waals surface area contributed by atoms with Crippen LogP contribution in [0.5, 0.6) is 0 Å². The number of rotatable bonds is 14. The fourth-order valence-corrected chi connectivity index (χ4v) is 2.69. The van der Waals surface area contributed by atoms with Gasteiger partial charge in [-0.15, -0.1) is 4.90 Å². The molecule has 0 saturated carbocycles. The first-order chi connectivity index (χ1) is 20.8. The van der Waals surface area contributed by atoms with Gasteiger partial charge in [0.2, 0.25) is 10.4 Å². The molecule has 0 fully saturated rings. The number of nitrogens with zero attached hydrogens (tertiary/aromatic N) is 2. The molecule has 0 rings (SSSR count). The van der Waals surface area contributed by atoms with Crippen molar-refractivity contribution in [1.29, 1.82) is 0 Å². The van der Waals surface area contributed by atoms with Gasteiger partial charge in [0.25, 0.3) is 5.91 Å². The molecular weight excluding hydrogens is 788 g/mol. The molecule has 0 heterocycles. The Morgan fingerprint density at radius 2 is 0.918 bits per heavy atom. The van der Waals surface area contributed by atoms with Crippen molar-refractivity contribution in [3.63, 3.8) is 0 Å². The molecule has 49 heavy (non-hydrogen) atoms. The van der Waals surface area contributed by atoms with Gasteiger partial charge in [-0.3, -0.25) is 8.98 Å². The lowest BCUT2D eigenvalue weighted by Crippen LogP contribution is -2.80. The van der Waals surface area contributed by atoms with E-state index in [0.717, 1.165) is 7.11 Å². The maximum Gasteiger partial charge on any atom is 0.460 e. The SMILES string of the molecule is COS(=O)(=O)[O-].C[N+](C)(C)CCCNC(=O)C(F)(F)C(F)(F)N(C(F)(F)C(F)(F)C(F)(F)C(F)(F)F)C(F)(F)C(F)(F)C(F)(F)C(F)(F)F. The molecule has 31 heteroatoms. The van der Waals surface area contributed by atoms with Crippen LogP contribution in [-0.2, 0) is 19.4 Å². The van der Waals surface area contributed by atoms with E-state index in [0.29, 0.717) is 5.32 Å². The quantitative estimate of drug-likeness (QED) is 0.0607. The minimum atomic E-state index is -9.27. The molecule has 0 atom stereocenters. The second-order valence-electron chi connectivity index (χ2n) is 10.0. The number of carbonyl (C=O) groups excluding carboxylic acids is 1. The molecule has 0 aromatic rings. The predicted molar refractivity (Wildman–Crippen MR) is 111 cm³/mol. The van der Waals surface area contributed by atoms with Gasteiger partial charge < -0.3 is 14.4 Å². The molecule has 0 aliphatic heterocycles. The zero-order valence-corrected chi connectivity index (χ0v) is 24.6. The van der Waals surface area contributed by atoms with Crippen molar-refractivity contribution in [1.82, 2.24) is 10.2 Å². The molecule has 0 aromatic carbocycles. The lowest BCUT2D eigenvalue weighted by Gasteiger charge is -2.48. The summed E-state index contributed by atoms with van der Waals surface area (Å²) < 4.78 is 327. The molecule has 0 bridgehead atoms. The van der Waals surface area contributed by atoms with Crippen LogP contribution >= 0.6 is 0 Å². The standard InChI is InChI=1S/C17H15F22N3O.CH4O4S/c1-42(2,3)6-4-5-40-7(43)8(18,19)15(34,35)41(16(36,37)11(24,25)9(20,21)13(28,29)30)17(38,39)12(26,27)10(22,23)14(31,32)33;1-5-6(2,3)4/h4-6H2,1-3H3;1H3,(H,2,3,4). The van der Waals surface area contributed by atoms with E-state index < -0.39 is 94.3 Å². The number of alkyl halides is 22. The molecule has 0 saturated heterocycles. The van der Waals surface area contributed by atoms with Crippen LogP contribution < -0.4 is 5.32 Å². The van der Waals surface area contributed by atoms with Crippen LogP contribution in [0, 0.1) is 0 Å². The lowest BCUT2D eigenvalue weighted by atomic mass is 10.0. The highest BCUT2D eigenvalue weighted by molar-refractivity contribution is 7.80. The zero-order chi connectivity index (χ0) is 40.7. The fraction of sp³-hybridized carbons (Fsp3) is 0.944. The van der Waals surface area contributed by atoms with Gasteiger partial charge in [-0.2, -0.15) is 96.6 Å². The fourth-order valence-electron chi connectivity index (χ4n) is 2.69. The topological polar surface area (TPSA) is 98.8 Å². The van der Waals surface area contributed by atoms with Crippen molar-refractivity contribution in [2.45, 2.75) is 66.5 Å². The first kappa shape index (κ1) is 48.8. The maximum atomic E-state index is 14.5. The van der Waals surface area contributed by atoms with E-state index in [2.05, 4.69) is 4.18 Å². The summed E-state index contributed by atoms with van der Waals surface area (Å²) in [6, 6.07) is -27.2. The van der Waals surface area contributed by atoms with Crippen LogP contribution in [0.25, 0.3) is 0 Å². The lowest BCUT2D eigenvalue weighted by molar-refractivity contribution is -0.870. The summed E-state index contributed by atoms with van der Waals surface area (Å²) in [5, 5.41) is 0.619. The van der Waals surface area contributed by atoms with E-state index in [1.165, 1.54) is 21.1 Å². The number of amides is 1. The first-order valence-electron chi connectivity index (χ1n) is 11.4. The summed E-state index contributed by atoms with van der Waals surface area (Å²) in [6.45, 7) is -1.54. The third-order valence-electron chi connectivity index (χ3n) is 5.26. The minimum absolute atomic E-state index is 0.125. The maximum absolute atomic E-state index is 14.5. The first-order valence-corrected chi connectivity index (χ1v) is 12.7. The Balaban J connectivity index is 0. The Kier molecular flexibility index (Phi) is 14.0. The summed E-state index contributed by atoms with van der Waals surface area (Å²) in [7, 11) is 0.439. The normalized spacial score (nSPS) is 15.6. The van der Waals surface area contributed by atoms with Gasteiger partial charge in [-0.05, 0) is 0 Å². The summed E-state index contributed by atoms with van der Waals surface area (Å²) in [4.78, 5) is 6.11. The third kappa shape index (κ3) is 9.54. The van der Waals surface area contributed by atoms with E-state index in [1.54, 1.807) is 0 Å². The van der Waals surface area contributed by atoms with Gasteiger partial charge in [0, 0.05) is 13.0 Å². The molecular formula is C18H19F22N3O5S. The smallest absolute Gasteiger partial charge is 0.460 e. The number of carbonyl (C=O) groups is 1. The van der Waals surface area contributed by atoms with Crippen molar-refractivity contribution in [2.24, 2.45) is 0 Å². The van der Waals surface area contributed by atoms with E-state index >= 15 is 0 Å². The molecule has 296 valence electrons. The van der Waals surface area contributed by atoms with E-state index in [9.17, 15) is 114 Å². The van der Waals surface area contributed by atoms with Crippen molar-refractivity contribution in [2.75, 3.05) is 41.3 Å². The second kappa shape index (κ2) is 14.0. The molecule has 0 unspecified atom stereocenters. The second-order valence-corrected chi connectivity index (χ2v) is 11.2. The monoisotopic (exact) mass is 807 g/mol. The van der Waals surface area contributed by atoms with Gasteiger partial charge >= 0.3 is 60.1 Å². The Labute approximate surface area is 258 Å². The molecule has 1 amide bonds. The van der Waals surface area contributed by atoms with Crippen molar-refractivity contribution >= 4 is 16.3 Å². The average molecular weight is 807 g/mol. The Morgan fingerprint density at radius 1 is 0.633 bits per heavy atom. The number of hydrogen-bond acceptors (Lipinski definition) is 6. The molecule has 0 spiro atoms. The Morgan fingerprint density at radius 3 is 1.14 bits per heavy atom. The molecule has 0 aliphatic rings. The molecule has 0 radical (unpaired) electrons. The van der Waals surface area contributed by atoms with Crippen molar-refractivity contribution in [3.8, 4) is 0 Å². The van der Waals surface area contributed by atoms with Gasteiger partial charge in [0.1, 0.15) is 0 Å². The van der Waals surface area contributed by atoms with Gasteiger partial charge in [-0.1, -0.05) is 0 Å². The van der Waals surface area contributed by atoms with Crippen LogP contribution in [0.1, 0.15) is 6.42 Å². The highest BCUT2D eigenvalue weighted by atomic mass is 32.3. The van der Waals surface area contributed by atoms with Gasteiger partial charge in [0.05, 0.1) is 34.8 Å². The Bertz CT molecular complexity index is 1190. The number of quaternary nitrogens is 1. The third-order valence-corrected chi connectivity index (χ3v) is 5.67. The van der Waals surface area contributed by atoms with E-state index in [1.807, 2.05) is 0 Å². The van der Waals surface area contributed by atoms with Gasteiger partial charge in [-0.25, -0.2) is 8.42 Å². The number of hydrogen-bond donors (Lipinski definition) is 1. The molecule has 0 aromatic heterocycles. The number of halogens is 22. The predicted octanol–water partition coefficient (Wildman–Crippen LogP) is 5.67. The molecule has 0 aliphatic carbocycles. The number of nitrogens with one attached hydrogen (secondary N) is 1. The van der Waals surface area contributed by atoms with Crippen LogP contribution in [0.15, 0.2) is 0 Å². The minimum Gasteiger partial charge on any atom is -0.726 e. The summed E-state index contributed by atoms with van der Waals surface area (Å²) >= 11 is 0. The van der Waals surface area contributed by atoms with Crippen LogP contribution in [-0.4, -0.2) is 130 Å². The summed E-state index contributed by atoms with van der Waals surface area (Å²) in [6.07, 6.45) is -17.0. The highest BCUT2D eigenvalue weighted by Gasteiger charge is 2.94.